The van der Waals surface area contributed by atoms with Gasteiger partial charge in [0.15, 0.2) is 0 Å². The van der Waals surface area contributed by atoms with Gasteiger partial charge in [0.1, 0.15) is 11.0 Å². The van der Waals surface area contributed by atoms with Gasteiger partial charge in [0, 0.05) is 13.1 Å². The molecule has 2 aromatic rings. The van der Waals surface area contributed by atoms with Crippen LogP contribution in [0.1, 0.15) is 44.7 Å². The molecule has 1 unspecified atom stereocenters. The molecular formula is C26H31BrFN4O4Si. The highest BCUT2D eigenvalue weighted by Gasteiger charge is 2.38. The summed E-state index contributed by atoms with van der Waals surface area (Å²) in [4.78, 5) is 51.1. The van der Waals surface area contributed by atoms with Crippen LogP contribution in [0.3, 0.4) is 0 Å². The zero-order chi connectivity index (χ0) is 27.6. The number of carbonyl (C=O) groups is 4. The first-order valence-corrected chi connectivity index (χ1v) is 13.2. The number of urea groups is 1. The van der Waals surface area contributed by atoms with E-state index in [9.17, 15) is 23.6 Å². The van der Waals surface area contributed by atoms with Crippen LogP contribution in [0.5, 0.6) is 0 Å². The van der Waals surface area contributed by atoms with E-state index in [0.29, 0.717) is 5.56 Å². The zero-order valence-corrected chi connectivity index (χ0v) is 23.6. The molecule has 0 spiro atoms. The molecule has 0 aliphatic heterocycles. The largest absolute Gasteiger partial charge is 0.345 e. The van der Waals surface area contributed by atoms with Gasteiger partial charge in [0.2, 0.25) is 11.7 Å². The van der Waals surface area contributed by atoms with Gasteiger partial charge in [-0.15, -0.1) is 0 Å². The van der Waals surface area contributed by atoms with Gasteiger partial charge in [-0.3, -0.25) is 14.4 Å². The van der Waals surface area contributed by atoms with Gasteiger partial charge in [-0.05, 0) is 57.9 Å². The number of hydrogen-bond acceptors (Lipinski definition) is 4. The predicted octanol–water partition coefficient (Wildman–Crippen LogP) is 3.08. The molecule has 0 aliphatic carbocycles. The third kappa shape index (κ3) is 9.40. The van der Waals surface area contributed by atoms with E-state index in [1.165, 1.54) is 18.2 Å². The van der Waals surface area contributed by atoms with Gasteiger partial charge in [0.05, 0.1) is 20.8 Å². The minimum atomic E-state index is -1.51. The summed E-state index contributed by atoms with van der Waals surface area (Å²) in [6.45, 7) is 5.70. The summed E-state index contributed by atoms with van der Waals surface area (Å²) in [6.07, 6.45) is 0.384. The second-order valence-electron chi connectivity index (χ2n) is 9.03. The summed E-state index contributed by atoms with van der Waals surface area (Å²) in [6, 6.07) is 11.9. The third-order valence-corrected chi connectivity index (χ3v) is 6.58. The SMILES string of the molecule is CCC(NC(=O)[C@@]([Si])(CC(C)C)NC(=O)NCc1ccccc1)C(=O)C(=O)NCc1ccc(F)c(Br)c1. The van der Waals surface area contributed by atoms with Crippen LogP contribution in [0.4, 0.5) is 9.18 Å². The Morgan fingerprint density at radius 2 is 1.65 bits per heavy atom. The maximum Gasteiger partial charge on any atom is 0.315 e. The van der Waals surface area contributed by atoms with Gasteiger partial charge < -0.3 is 21.3 Å². The average Bonchev–Trinajstić information content (AvgIpc) is 2.86. The second kappa shape index (κ2) is 14.0. The Hall–Kier alpha value is -3.05. The number of ketones is 1. The first kappa shape index (κ1) is 30.2. The highest BCUT2D eigenvalue weighted by molar-refractivity contribution is 9.10. The lowest BCUT2D eigenvalue weighted by molar-refractivity contribution is -0.140. The summed E-state index contributed by atoms with van der Waals surface area (Å²) in [5.41, 5.74) is 1.48. The lowest BCUT2D eigenvalue weighted by atomic mass is 10.0. The van der Waals surface area contributed by atoms with Crippen LogP contribution in [0.25, 0.3) is 0 Å². The molecule has 4 amide bonds. The fourth-order valence-corrected chi connectivity index (χ4v) is 4.56. The van der Waals surface area contributed by atoms with Crippen molar-refractivity contribution in [1.29, 1.82) is 0 Å². The molecule has 2 rings (SSSR count). The number of Topliss-reactive ketones (excluding diaryl/α,β-unsaturated/α-hetero) is 1. The highest BCUT2D eigenvalue weighted by atomic mass is 79.9. The summed E-state index contributed by atoms with van der Waals surface area (Å²) in [7, 11) is 3.43. The van der Waals surface area contributed by atoms with Crippen LogP contribution >= 0.6 is 15.9 Å². The molecule has 0 fully saturated rings. The molecule has 0 aliphatic rings. The maximum atomic E-state index is 13.4. The first-order valence-electron chi connectivity index (χ1n) is 11.9. The lowest BCUT2D eigenvalue weighted by Gasteiger charge is -2.32. The van der Waals surface area contributed by atoms with Crippen molar-refractivity contribution < 1.29 is 23.6 Å². The van der Waals surface area contributed by atoms with E-state index >= 15 is 0 Å². The molecule has 3 radical (unpaired) electrons. The van der Waals surface area contributed by atoms with Gasteiger partial charge in [-0.1, -0.05) is 57.2 Å². The summed E-state index contributed by atoms with van der Waals surface area (Å²) >= 11 is 3.08. The molecule has 0 heterocycles. The summed E-state index contributed by atoms with van der Waals surface area (Å²) < 4.78 is 13.7. The standard InChI is InChI=1S/C26H31BrFN4O4Si/c1-4-21(22(33)23(34)29-15-18-10-11-20(28)19(27)12-18)31-24(35)26(37,13-16(2)3)32-25(36)30-14-17-8-6-5-7-9-17/h5-12,16,21H,4,13-15H2,1-3H3,(H,29,34)(H,31,35)(H2,30,32,36)/t21?,26-/m0/s1. The van der Waals surface area contributed by atoms with Gasteiger partial charge in [0.25, 0.3) is 5.91 Å². The Balaban J connectivity index is 2.02. The third-order valence-electron chi connectivity index (χ3n) is 5.42. The van der Waals surface area contributed by atoms with Crippen LogP contribution < -0.4 is 21.3 Å². The van der Waals surface area contributed by atoms with Gasteiger partial charge in [-0.2, -0.15) is 0 Å². The molecule has 2 atom stereocenters. The lowest BCUT2D eigenvalue weighted by Crippen LogP contribution is -2.64. The smallest absolute Gasteiger partial charge is 0.315 e. The Bertz CT molecular complexity index is 1120. The van der Waals surface area contributed by atoms with E-state index < -0.39 is 40.6 Å². The highest BCUT2D eigenvalue weighted by Crippen LogP contribution is 2.17. The van der Waals surface area contributed by atoms with E-state index in [-0.39, 0.29) is 36.3 Å². The van der Waals surface area contributed by atoms with Crippen molar-refractivity contribution in [2.24, 2.45) is 5.92 Å². The molecule has 2 aromatic carbocycles. The molecule has 0 saturated heterocycles. The van der Waals surface area contributed by atoms with Crippen LogP contribution in [-0.4, -0.2) is 45.1 Å². The van der Waals surface area contributed by atoms with E-state index in [4.69, 9.17) is 0 Å². The van der Waals surface area contributed by atoms with Crippen LogP contribution in [0, 0.1) is 11.7 Å². The Labute approximate surface area is 228 Å². The Morgan fingerprint density at radius 1 is 1.00 bits per heavy atom. The zero-order valence-electron chi connectivity index (χ0n) is 21.0. The quantitative estimate of drug-likeness (QED) is 0.225. The molecule has 4 N–H and O–H groups in total. The minimum absolute atomic E-state index is 0.00628. The van der Waals surface area contributed by atoms with Crippen molar-refractivity contribution in [2.75, 3.05) is 0 Å². The monoisotopic (exact) mass is 589 g/mol. The van der Waals surface area contributed by atoms with Crippen LogP contribution in [-0.2, 0) is 27.5 Å². The molecule has 197 valence electrons. The van der Waals surface area contributed by atoms with Crippen molar-refractivity contribution in [2.45, 2.75) is 57.9 Å². The van der Waals surface area contributed by atoms with Crippen molar-refractivity contribution in [3.05, 3.63) is 69.9 Å². The number of amides is 4. The molecular weight excluding hydrogens is 559 g/mol. The minimum Gasteiger partial charge on any atom is -0.345 e. The number of nitrogens with one attached hydrogen (secondary N) is 4. The summed E-state index contributed by atoms with van der Waals surface area (Å²) in [5.74, 6) is -2.80. The maximum absolute atomic E-state index is 13.4. The second-order valence-corrected chi connectivity index (χ2v) is 10.7. The van der Waals surface area contributed by atoms with Gasteiger partial charge >= 0.3 is 6.03 Å². The van der Waals surface area contributed by atoms with Crippen LogP contribution in [0.15, 0.2) is 53.0 Å². The Kier molecular flexibility index (Phi) is 11.4. The molecule has 0 saturated carbocycles. The molecule has 0 aromatic heterocycles. The van der Waals surface area contributed by atoms with Crippen molar-refractivity contribution in [1.82, 2.24) is 21.3 Å². The van der Waals surface area contributed by atoms with E-state index in [0.717, 1.165) is 5.56 Å². The van der Waals surface area contributed by atoms with Crippen molar-refractivity contribution in [3.8, 4) is 0 Å². The molecule has 8 nitrogen and oxygen atoms in total. The van der Waals surface area contributed by atoms with Gasteiger partial charge in [-0.25, -0.2) is 9.18 Å². The number of hydrogen-bond donors (Lipinski definition) is 4. The number of rotatable bonds is 12. The summed E-state index contributed by atoms with van der Waals surface area (Å²) in [5, 5.41) is 8.93. The van der Waals surface area contributed by atoms with E-state index in [1.54, 1.807) is 6.92 Å². The number of carbonyl (C=O) groups excluding carboxylic acids is 4. The van der Waals surface area contributed by atoms with Crippen molar-refractivity contribution >= 4 is 49.8 Å². The van der Waals surface area contributed by atoms with Crippen LogP contribution in [0.2, 0.25) is 0 Å². The molecule has 11 heteroatoms. The fourth-order valence-electron chi connectivity index (χ4n) is 3.54. The van der Waals surface area contributed by atoms with E-state index in [2.05, 4.69) is 47.4 Å². The Morgan fingerprint density at radius 3 is 2.24 bits per heavy atom. The normalized spacial score (nSPS) is 13.3. The topological polar surface area (TPSA) is 116 Å². The first-order chi connectivity index (χ1) is 17.4. The fraction of sp³-hybridized carbons (Fsp3) is 0.385. The van der Waals surface area contributed by atoms with Crippen molar-refractivity contribution in [3.63, 3.8) is 0 Å². The average molecular weight is 591 g/mol. The number of halogens is 2. The molecule has 0 bridgehead atoms. The number of benzene rings is 2. The predicted molar refractivity (Wildman–Crippen MR) is 143 cm³/mol. The van der Waals surface area contributed by atoms with E-state index in [1.807, 2.05) is 44.2 Å². The molecule has 37 heavy (non-hydrogen) atoms.